The number of hydrogen-bond acceptors (Lipinski definition) is 7. The molecule has 4 aromatic rings. The lowest BCUT2D eigenvalue weighted by Gasteiger charge is -2.00. The van der Waals surface area contributed by atoms with E-state index in [0.29, 0.717) is 22.6 Å². The quantitative estimate of drug-likeness (QED) is 0.434. The van der Waals surface area contributed by atoms with Crippen molar-refractivity contribution < 1.29 is 4.42 Å². The average molecular weight is 355 g/mol. The number of thioether (sulfide) groups is 1. The van der Waals surface area contributed by atoms with E-state index in [2.05, 4.69) is 15.2 Å². The van der Waals surface area contributed by atoms with Crippen molar-refractivity contribution in [3.63, 3.8) is 0 Å². The first kappa shape index (κ1) is 15.0. The maximum atomic E-state index is 6.09. The summed E-state index contributed by atoms with van der Waals surface area (Å²) in [7, 11) is 0. The van der Waals surface area contributed by atoms with Gasteiger partial charge in [0.15, 0.2) is 5.82 Å². The fourth-order valence-electron chi connectivity index (χ4n) is 2.17. The van der Waals surface area contributed by atoms with Gasteiger partial charge in [-0.3, -0.25) is 0 Å². The number of hydrogen-bond donors (Lipinski definition) is 1. The molecule has 0 amide bonds. The third kappa shape index (κ3) is 2.93. The molecule has 0 saturated carbocycles. The molecule has 0 aliphatic heterocycles. The van der Waals surface area contributed by atoms with Gasteiger partial charge < -0.3 is 10.3 Å². The summed E-state index contributed by atoms with van der Waals surface area (Å²) in [5.74, 6) is 7.97. The van der Waals surface area contributed by atoms with E-state index in [1.54, 1.807) is 17.6 Å². The fourth-order valence-corrected chi connectivity index (χ4v) is 3.61. The minimum absolute atomic E-state index is 0.607. The molecule has 24 heavy (non-hydrogen) atoms. The van der Waals surface area contributed by atoms with Gasteiger partial charge in [0, 0.05) is 11.3 Å². The molecule has 6 nitrogen and oxygen atoms in total. The molecule has 3 aromatic heterocycles. The smallest absolute Gasteiger partial charge is 0.226 e. The van der Waals surface area contributed by atoms with E-state index in [-0.39, 0.29) is 0 Å². The van der Waals surface area contributed by atoms with E-state index in [0.717, 1.165) is 16.1 Å². The molecular weight excluding hydrogens is 342 g/mol. The summed E-state index contributed by atoms with van der Waals surface area (Å²) < 4.78 is 7.05. The number of nitrogens with two attached hydrogens (primary N) is 1. The van der Waals surface area contributed by atoms with Crippen LogP contribution in [-0.2, 0) is 5.75 Å². The molecule has 0 bridgehead atoms. The van der Waals surface area contributed by atoms with E-state index < -0.39 is 0 Å². The molecule has 2 N–H and O–H groups in total. The van der Waals surface area contributed by atoms with Gasteiger partial charge in [-0.2, -0.15) is 0 Å². The van der Waals surface area contributed by atoms with Crippen molar-refractivity contribution in [2.24, 2.45) is 0 Å². The molecule has 0 aliphatic carbocycles. The monoisotopic (exact) mass is 355 g/mol. The molecule has 0 atom stereocenters. The predicted octanol–water partition coefficient (Wildman–Crippen LogP) is 3.67. The van der Waals surface area contributed by atoms with Crippen LogP contribution >= 0.6 is 23.1 Å². The van der Waals surface area contributed by atoms with Crippen molar-refractivity contribution in [1.82, 2.24) is 19.9 Å². The first-order chi connectivity index (χ1) is 11.8. The maximum Gasteiger partial charge on any atom is 0.226 e. The average Bonchev–Trinajstić information content (AvgIpc) is 3.35. The van der Waals surface area contributed by atoms with Crippen molar-refractivity contribution in [2.75, 3.05) is 5.84 Å². The second-order valence-corrected chi connectivity index (χ2v) is 6.84. The minimum atomic E-state index is 0.607. The summed E-state index contributed by atoms with van der Waals surface area (Å²) in [6, 6.07) is 13.7. The van der Waals surface area contributed by atoms with Crippen LogP contribution in [0.1, 0.15) is 5.69 Å². The summed E-state index contributed by atoms with van der Waals surface area (Å²) in [5.41, 5.74) is 1.79. The molecule has 3 heterocycles. The Morgan fingerprint density at radius 2 is 2.00 bits per heavy atom. The van der Waals surface area contributed by atoms with Gasteiger partial charge in [0.25, 0.3) is 0 Å². The molecule has 1 aromatic carbocycles. The highest BCUT2D eigenvalue weighted by Gasteiger charge is 2.14. The SMILES string of the molecule is Nn1c(SCc2coc(-c3ccccc3)n2)nnc1-c1cccs1. The van der Waals surface area contributed by atoms with E-state index in [4.69, 9.17) is 10.3 Å². The zero-order chi connectivity index (χ0) is 16.4. The van der Waals surface area contributed by atoms with Crippen LogP contribution in [0.3, 0.4) is 0 Å². The second-order valence-electron chi connectivity index (χ2n) is 4.95. The van der Waals surface area contributed by atoms with Crippen LogP contribution in [0.5, 0.6) is 0 Å². The van der Waals surface area contributed by atoms with Gasteiger partial charge in [-0.05, 0) is 23.6 Å². The van der Waals surface area contributed by atoms with Crippen molar-refractivity contribution in [1.29, 1.82) is 0 Å². The standard InChI is InChI=1S/C16H13N5OS2/c17-21-14(13-7-4-8-23-13)19-20-16(21)24-10-12-9-22-15(18-12)11-5-2-1-3-6-11/h1-9H,10,17H2. The normalized spacial score (nSPS) is 11.0. The van der Waals surface area contributed by atoms with Gasteiger partial charge in [0.05, 0.1) is 10.6 Å². The zero-order valence-electron chi connectivity index (χ0n) is 12.5. The molecule has 0 unspecified atom stereocenters. The van der Waals surface area contributed by atoms with E-state index in [1.807, 2.05) is 47.8 Å². The van der Waals surface area contributed by atoms with Crippen molar-refractivity contribution in [3.05, 3.63) is 59.8 Å². The summed E-state index contributed by atoms with van der Waals surface area (Å²) >= 11 is 3.05. The Morgan fingerprint density at radius 1 is 1.12 bits per heavy atom. The highest BCUT2D eigenvalue weighted by atomic mass is 32.2. The Balaban J connectivity index is 1.47. The number of benzene rings is 1. The molecule has 4 rings (SSSR count). The highest BCUT2D eigenvalue weighted by molar-refractivity contribution is 7.98. The van der Waals surface area contributed by atoms with Gasteiger partial charge in [-0.1, -0.05) is 36.0 Å². The molecule has 0 radical (unpaired) electrons. The van der Waals surface area contributed by atoms with E-state index in [1.165, 1.54) is 16.4 Å². The van der Waals surface area contributed by atoms with Crippen LogP contribution in [-0.4, -0.2) is 19.9 Å². The highest BCUT2D eigenvalue weighted by Crippen LogP contribution is 2.27. The number of rotatable bonds is 5. The van der Waals surface area contributed by atoms with E-state index in [9.17, 15) is 0 Å². The summed E-state index contributed by atoms with van der Waals surface area (Å²) in [6.45, 7) is 0. The van der Waals surface area contributed by atoms with Crippen LogP contribution in [0.2, 0.25) is 0 Å². The number of thiophene rings is 1. The molecule has 0 aliphatic rings. The van der Waals surface area contributed by atoms with Crippen LogP contribution in [0, 0.1) is 0 Å². The lowest BCUT2D eigenvalue weighted by molar-refractivity contribution is 0.573. The second kappa shape index (κ2) is 6.50. The number of aromatic nitrogens is 4. The number of nitrogen functional groups attached to an aromatic ring is 1. The van der Waals surface area contributed by atoms with Crippen molar-refractivity contribution in [2.45, 2.75) is 10.9 Å². The molecule has 0 spiro atoms. The fraction of sp³-hybridized carbons (Fsp3) is 0.0625. The van der Waals surface area contributed by atoms with Crippen LogP contribution in [0.15, 0.2) is 63.7 Å². The van der Waals surface area contributed by atoms with Crippen LogP contribution in [0.4, 0.5) is 0 Å². The topological polar surface area (TPSA) is 82.8 Å². The van der Waals surface area contributed by atoms with Crippen LogP contribution < -0.4 is 5.84 Å². The molecule has 0 fully saturated rings. The third-order valence-electron chi connectivity index (χ3n) is 3.33. The lowest BCUT2D eigenvalue weighted by atomic mass is 10.2. The Morgan fingerprint density at radius 3 is 2.79 bits per heavy atom. The van der Waals surface area contributed by atoms with Crippen LogP contribution in [0.25, 0.3) is 22.2 Å². The summed E-state index contributed by atoms with van der Waals surface area (Å²) in [4.78, 5) is 5.49. The molecule has 8 heteroatoms. The lowest BCUT2D eigenvalue weighted by Crippen LogP contribution is -2.11. The van der Waals surface area contributed by atoms with Crippen molar-refractivity contribution >= 4 is 23.1 Å². The number of oxazole rings is 1. The first-order valence-corrected chi connectivity index (χ1v) is 9.05. The van der Waals surface area contributed by atoms with Gasteiger partial charge >= 0.3 is 0 Å². The Labute approximate surface area is 146 Å². The molecule has 120 valence electrons. The minimum Gasteiger partial charge on any atom is -0.444 e. The molecular formula is C16H13N5OS2. The third-order valence-corrected chi connectivity index (χ3v) is 5.17. The Kier molecular flexibility index (Phi) is 4.06. The number of nitrogens with zero attached hydrogens (tertiary/aromatic N) is 4. The van der Waals surface area contributed by atoms with Crippen molar-refractivity contribution in [3.8, 4) is 22.2 Å². The largest absolute Gasteiger partial charge is 0.444 e. The first-order valence-electron chi connectivity index (χ1n) is 7.18. The maximum absolute atomic E-state index is 6.09. The van der Waals surface area contributed by atoms with Gasteiger partial charge in [0.1, 0.15) is 6.26 Å². The van der Waals surface area contributed by atoms with E-state index >= 15 is 0 Å². The molecule has 0 saturated heterocycles. The van der Waals surface area contributed by atoms with Gasteiger partial charge in [0.2, 0.25) is 11.0 Å². The Bertz CT molecular complexity index is 931. The zero-order valence-corrected chi connectivity index (χ0v) is 14.1. The summed E-state index contributed by atoms with van der Waals surface area (Å²) in [5, 5.41) is 10.9. The predicted molar refractivity (Wildman–Crippen MR) is 95.0 cm³/mol. The Hall–Kier alpha value is -2.58. The summed E-state index contributed by atoms with van der Waals surface area (Å²) in [6.07, 6.45) is 1.66. The van der Waals surface area contributed by atoms with Gasteiger partial charge in [-0.15, -0.1) is 21.5 Å². The van der Waals surface area contributed by atoms with Gasteiger partial charge in [-0.25, -0.2) is 9.66 Å².